The molecule has 0 amide bonds. The molecule has 1 N–H and O–H groups in total. The van der Waals surface area contributed by atoms with E-state index in [4.69, 9.17) is 0 Å². The normalized spacial score (nSPS) is 72.4. The van der Waals surface area contributed by atoms with E-state index in [0.29, 0.717) is 23.7 Å². The monoisotopic (exact) mass is 311 g/mol. The third kappa shape index (κ3) is 0.877. The summed E-state index contributed by atoms with van der Waals surface area (Å²) in [7, 11) is 0. The summed E-state index contributed by atoms with van der Waals surface area (Å²) in [5.41, 5.74) is 0.981. The van der Waals surface area contributed by atoms with Crippen molar-refractivity contribution in [1.29, 1.82) is 0 Å². The fourth-order valence-corrected chi connectivity index (χ4v) is 10.3. The zero-order chi connectivity index (χ0) is 15.6. The molecule has 10 atom stereocenters. The Hall–Kier alpha value is -0.670. The van der Waals surface area contributed by atoms with Gasteiger partial charge in [0, 0.05) is 35.8 Å². The molecule has 6 saturated carbocycles. The quantitative estimate of drug-likeness (QED) is 0.698. The Morgan fingerprint density at radius 1 is 1.35 bits per heavy atom. The van der Waals surface area contributed by atoms with E-state index in [9.17, 15) is 9.90 Å². The minimum Gasteiger partial charge on any atom is -0.375 e. The number of fused-ring (bicyclic) bond motifs is 1. The zero-order valence-electron chi connectivity index (χ0n) is 13.8. The summed E-state index contributed by atoms with van der Waals surface area (Å²) in [5, 5.41) is 11.8. The van der Waals surface area contributed by atoms with Crippen LogP contribution in [0.4, 0.5) is 0 Å². The molecule has 9 bridgehead atoms. The van der Waals surface area contributed by atoms with Gasteiger partial charge < -0.3 is 5.11 Å². The molecule has 9 fully saturated rings. The van der Waals surface area contributed by atoms with E-state index in [0.717, 1.165) is 25.8 Å². The van der Waals surface area contributed by atoms with Gasteiger partial charge in [-0.1, -0.05) is 25.5 Å². The number of hydrogen-bond donors (Lipinski definition) is 1. The van der Waals surface area contributed by atoms with E-state index in [1.54, 1.807) is 0 Å². The Bertz CT molecular complexity index is 731. The highest BCUT2D eigenvalue weighted by Gasteiger charge is 2.92. The number of rotatable bonds is 0. The first-order valence-corrected chi connectivity index (χ1v) is 9.59. The molecule has 9 rings (SSSR count). The molecule has 9 aliphatic rings. The lowest BCUT2D eigenvalue weighted by Gasteiger charge is -2.63. The van der Waals surface area contributed by atoms with Gasteiger partial charge in [-0.2, -0.15) is 0 Å². The molecule has 3 heterocycles. The van der Waals surface area contributed by atoms with Gasteiger partial charge >= 0.3 is 0 Å². The van der Waals surface area contributed by atoms with Crippen LogP contribution in [-0.2, 0) is 4.79 Å². The van der Waals surface area contributed by atoms with Crippen LogP contribution in [0, 0.1) is 39.9 Å². The maximum absolute atomic E-state index is 13.4. The highest BCUT2D eigenvalue weighted by molar-refractivity contribution is 5.92. The van der Waals surface area contributed by atoms with Gasteiger partial charge in [0.15, 0.2) is 0 Å². The predicted molar refractivity (Wildman–Crippen MR) is 84.2 cm³/mol. The number of nitrogens with zero attached hydrogens (tertiary/aromatic N) is 1. The molecule has 0 aromatic carbocycles. The first-order chi connectivity index (χ1) is 10.9. The van der Waals surface area contributed by atoms with E-state index in [2.05, 4.69) is 18.4 Å². The number of carbonyl (C=O) groups is 1. The van der Waals surface area contributed by atoms with Crippen LogP contribution in [0.2, 0.25) is 0 Å². The molecule has 0 radical (unpaired) electrons. The van der Waals surface area contributed by atoms with E-state index in [-0.39, 0.29) is 28.1 Å². The van der Waals surface area contributed by atoms with Gasteiger partial charge in [0.1, 0.15) is 11.5 Å². The number of Topliss-reactive ketones (excluding diaryl/α,β-unsaturated/α-hetero) is 1. The topological polar surface area (TPSA) is 40.5 Å². The van der Waals surface area contributed by atoms with Crippen molar-refractivity contribution in [2.75, 3.05) is 6.54 Å². The molecular formula is C20H25NO2. The van der Waals surface area contributed by atoms with Crippen molar-refractivity contribution in [3.63, 3.8) is 0 Å². The fraction of sp³-hybridized carbons (Fsp3) is 0.850. The van der Waals surface area contributed by atoms with Crippen molar-refractivity contribution in [3.05, 3.63) is 12.2 Å². The Balaban J connectivity index is 1.58. The Kier molecular flexibility index (Phi) is 1.64. The molecule has 3 aliphatic heterocycles. The van der Waals surface area contributed by atoms with Gasteiger partial charge in [0.2, 0.25) is 0 Å². The lowest BCUT2D eigenvalue weighted by Crippen LogP contribution is -2.66. The minimum absolute atomic E-state index is 0.0674. The molecular weight excluding hydrogens is 286 g/mol. The number of carbonyl (C=O) groups excluding carboxylic acids is 1. The number of ketones is 1. The number of piperidine rings is 2. The van der Waals surface area contributed by atoms with Crippen molar-refractivity contribution in [2.24, 2.45) is 39.9 Å². The van der Waals surface area contributed by atoms with Gasteiger partial charge in [-0.15, -0.1) is 0 Å². The van der Waals surface area contributed by atoms with E-state index < -0.39 is 5.72 Å². The van der Waals surface area contributed by atoms with Gasteiger partial charge in [-0.25, -0.2) is 0 Å². The summed E-state index contributed by atoms with van der Waals surface area (Å²) in [6, 6.07) is 0.492. The first-order valence-electron chi connectivity index (χ1n) is 9.59. The van der Waals surface area contributed by atoms with Crippen LogP contribution in [0.5, 0.6) is 0 Å². The molecule has 122 valence electrons. The standard InChI is InChI=1S/C20H25NO2/c1-10-7-18-8-20(23)16-17(2)4-3-5-19(16)14(18)13(22)11(10)6-12(18)15(19)21(20)9-17/h11-12,14-16,23H,1,3-9H2,2H3/t11-,12-,14-,15-,16-,17+,18+,19+,20-/m1/s1. The van der Waals surface area contributed by atoms with E-state index in [1.165, 1.54) is 24.8 Å². The summed E-state index contributed by atoms with van der Waals surface area (Å²) in [5.74, 6) is 1.91. The predicted octanol–water partition coefficient (Wildman–Crippen LogP) is 2.35. The summed E-state index contributed by atoms with van der Waals surface area (Å²) >= 11 is 0. The molecule has 0 aromatic rings. The number of allylic oxidation sites excluding steroid dienone is 1. The second-order valence-electron chi connectivity index (χ2n) is 10.5. The molecule has 23 heavy (non-hydrogen) atoms. The highest BCUT2D eigenvalue weighted by atomic mass is 16.3. The van der Waals surface area contributed by atoms with Crippen LogP contribution in [-0.4, -0.2) is 34.1 Å². The first kappa shape index (κ1) is 12.7. The number of hydrogen-bond acceptors (Lipinski definition) is 3. The summed E-state index contributed by atoms with van der Waals surface area (Å²) in [6.45, 7) is 7.75. The molecule has 1 unspecified atom stereocenters. The Morgan fingerprint density at radius 2 is 2.17 bits per heavy atom. The highest BCUT2D eigenvalue weighted by Crippen LogP contribution is 2.88. The average molecular weight is 311 g/mol. The summed E-state index contributed by atoms with van der Waals surface area (Å²) in [6.07, 6.45) is 6.59. The third-order valence-electron chi connectivity index (χ3n) is 9.96. The average Bonchev–Trinajstić information content (AvgIpc) is 2.81. The van der Waals surface area contributed by atoms with Gasteiger partial charge in [-0.05, 0) is 48.9 Å². The van der Waals surface area contributed by atoms with Crippen LogP contribution < -0.4 is 0 Å². The van der Waals surface area contributed by atoms with E-state index in [1.807, 2.05) is 0 Å². The molecule has 0 aromatic heterocycles. The van der Waals surface area contributed by atoms with Crippen LogP contribution in [0.1, 0.15) is 45.4 Å². The fourth-order valence-electron chi connectivity index (χ4n) is 10.3. The lowest BCUT2D eigenvalue weighted by molar-refractivity contribution is -0.217. The van der Waals surface area contributed by atoms with Crippen molar-refractivity contribution >= 4 is 5.78 Å². The molecule has 3 saturated heterocycles. The maximum Gasteiger partial charge on any atom is 0.144 e. The van der Waals surface area contributed by atoms with Crippen molar-refractivity contribution in [1.82, 2.24) is 4.90 Å². The number of aliphatic hydroxyl groups is 1. The maximum atomic E-state index is 13.4. The van der Waals surface area contributed by atoms with Crippen LogP contribution in [0.3, 0.4) is 0 Å². The van der Waals surface area contributed by atoms with Crippen LogP contribution in [0.15, 0.2) is 12.2 Å². The lowest BCUT2D eigenvalue weighted by atomic mass is 9.40. The molecule has 2 spiro atoms. The second kappa shape index (κ2) is 2.99. The summed E-state index contributed by atoms with van der Waals surface area (Å²) < 4.78 is 0. The van der Waals surface area contributed by atoms with Crippen molar-refractivity contribution in [3.8, 4) is 0 Å². The minimum atomic E-state index is -0.614. The van der Waals surface area contributed by atoms with E-state index >= 15 is 0 Å². The van der Waals surface area contributed by atoms with Gasteiger partial charge in [0.05, 0.1) is 0 Å². The van der Waals surface area contributed by atoms with Crippen LogP contribution in [0.25, 0.3) is 0 Å². The van der Waals surface area contributed by atoms with Gasteiger partial charge in [-0.3, -0.25) is 9.69 Å². The molecule has 3 heteroatoms. The largest absolute Gasteiger partial charge is 0.375 e. The molecule has 3 nitrogen and oxygen atoms in total. The summed E-state index contributed by atoms with van der Waals surface area (Å²) in [4.78, 5) is 16.0. The second-order valence-corrected chi connectivity index (χ2v) is 10.5. The van der Waals surface area contributed by atoms with Crippen LogP contribution >= 0.6 is 0 Å². The third-order valence-corrected chi connectivity index (χ3v) is 9.96. The zero-order valence-corrected chi connectivity index (χ0v) is 13.8. The van der Waals surface area contributed by atoms with Crippen molar-refractivity contribution < 1.29 is 9.90 Å². The smallest absolute Gasteiger partial charge is 0.144 e. The Morgan fingerprint density at radius 3 is 3.00 bits per heavy atom. The SMILES string of the molecule is C=C1C[C@@]23C[C@@]4(O)[C@@H]5[C@@]6(C)CCC[C@@]57[C@@H]2C(=O)[C@@H]1C[C@@H]3[C@H]7N4C6. The van der Waals surface area contributed by atoms with Gasteiger partial charge in [0.25, 0.3) is 0 Å². The van der Waals surface area contributed by atoms with Crippen molar-refractivity contribution in [2.45, 2.75) is 57.2 Å². The molecule has 6 aliphatic carbocycles. The Labute approximate surface area is 137 Å².